The molecule has 2 N–H and O–H groups in total. The van der Waals surface area contributed by atoms with Crippen molar-refractivity contribution < 1.29 is 14.3 Å². The van der Waals surface area contributed by atoms with Gasteiger partial charge in [-0.1, -0.05) is 32.9 Å². The number of amides is 3. The normalized spacial score (nSPS) is 16.5. The summed E-state index contributed by atoms with van der Waals surface area (Å²) in [6.07, 6.45) is 0.424. The largest absolute Gasteiger partial charge is 0.494 e. The van der Waals surface area contributed by atoms with Gasteiger partial charge in [0.2, 0.25) is 5.91 Å². The summed E-state index contributed by atoms with van der Waals surface area (Å²) >= 11 is 0. The SMILES string of the molecule is CCOc1ccc(N2C[C@H](CNC(=O)Nc3ccc(C(C)(C)C)cc3)CC2=O)cc1. The van der Waals surface area contributed by atoms with Crippen LogP contribution in [-0.2, 0) is 10.2 Å². The average Bonchev–Trinajstić information content (AvgIpc) is 3.08. The minimum atomic E-state index is -0.259. The molecule has 1 atom stereocenters. The summed E-state index contributed by atoms with van der Waals surface area (Å²) in [4.78, 5) is 26.4. The van der Waals surface area contributed by atoms with Crippen molar-refractivity contribution in [3.8, 4) is 5.75 Å². The number of ether oxygens (including phenoxy) is 1. The lowest BCUT2D eigenvalue weighted by atomic mass is 9.87. The van der Waals surface area contributed by atoms with E-state index in [1.807, 2.05) is 55.5 Å². The smallest absolute Gasteiger partial charge is 0.319 e. The van der Waals surface area contributed by atoms with Crippen LogP contribution >= 0.6 is 0 Å². The molecule has 1 heterocycles. The van der Waals surface area contributed by atoms with E-state index in [2.05, 4.69) is 31.4 Å². The van der Waals surface area contributed by atoms with E-state index in [1.165, 1.54) is 5.56 Å². The van der Waals surface area contributed by atoms with Gasteiger partial charge in [-0.05, 0) is 54.3 Å². The maximum absolute atomic E-state index is 12.4. The van der Waals surface area contributed by atoms with E-state index in [0.717, 1.165) is 17.1 Å². The van der Waals surface area contributed by atoms with Crippen molar-refractivity contribution in [2.45, 2.75) is 39.5 Å². The van der Waals surface area contributed by atoms with Crippen LogP contribution in [0, 0.1) is 5.92 Å². The second-order valence-electron chi connectivity index (χ2n) is 8.66. The van der Waals surface area contributed by atoms with Crippen LogP contribution in [0.1, 0.15) is 39.7 Å². The highest BCUT2D eigenvalue weighted by Gasteiger charge is 2.30. The number of carbonyl (C=O) groups is 2. The Balaban J connectivity index is 1.49. The Morgan fingerprint density at radius 3 is 2.37 bits per heavy atom. The number of rotatable bonds is 6. The Bertz CT molecular complexity index is 870. The van der Waals surface area contributed by atoms with Gasteiger partial charge in [0, 0.05) is 36.8 Å². The number of carbonyl (C=O) groups excluding carboxylic acids is 2. The molecule has 1 aliphatic rings. The van der Waals surface area contributed by atoms with Crippen LogP contribution in [0.5, 0.6) is 5.75 Å². The van der Waals surface area contributed by atoms with Gasteiger partial charge in [-0.15, -0.1) is 0 Å². The van der Waals surface area contributed by atoms with Gasteiger partial charge in [0.25, 0.3) is 0 Å². The maximum Gasteiger partial charge on any atom is 0.319 e. The van der Waals surface area contributed by atoms with Crippen molar-refractivity contribution >= 4 is 23.3 Å². The van der Waals surface area contributed by atoms with Gasteiger partial charge in [-0.25, -0.2) is 4.79 Å². The second-order valence-corrected chi connectivity index (χ2v) is 8.66. The minimum absolute atomic E-state index is 0.0733. The Morgan fingerprint density at radius 2 is 1.77 bits per heavy atom. The summed E-state index contributed by atoms with van der Waals surface area (Å²) in [7, 11) is 0. The molecule has 1 saturated heterocycles. The Labute approximate surface area is 178 Å². The zero-order valence-corrected chi connectivity index (χ0v) is 18.2. The number of anilines is 2. The topological polar surface area (TPSA) is 70.7 Å². The molecule has 0 saturated carbocycles. The van der Waals surface area contributed by atoms with Crippen LogP contribution in [-0.4, -0.2) is 31.6 Å². The molecule has 3 rings (SSSR count). The van der Waals surface area contributed by atoms with Gasteiger partial charge in [-0.3, -0.25) is 4.79 Å². The molecule has 0 spiro atoms. The predicted octanol–water partition coefficient (Wildman–Crippen LogP) is 4.56. The molecule has 1 fully saturated rings. The van der Waals surface area contributed by atoms with E-state index in [4.69, 9.17) is 4.74 Å². The molecule has 2 aromatic rings. The molecule has 6 heteroatoms. The first kappa shape index (κ1) is 21.7. The molecule has 30 heavy (non-hydrogen) atoms. The van der Waals surface area contributed by atoms with Crippen LogP contribution in [0.15, 0.2) is 48.5 Å². The van der Waals surface area contributed by atoms with Gasteiger partial charge in [0.05, 0.1) is 6.61 Å². The molecular weight excluding hydrogens is 378 g/mol. The van der Waals surface area contributed by atoms with Crippen molar-refractivity contribution in [3.63, 3.8) is 0 Å². The first-order valence-electron chi connectivity index (χ1n) is 10.4. The molecule has 0 bridgehead atoms. The van der Waals surface area contributed by atoms with E-state index in [1.54, 1.807) is 4.90 Å². The Morgan fingerprint density at radius 1 is 1.10 bits per heavy atom. The maximum atomic E-state index is 12.4. The van der Waals surface area contributed by atoms with Crippen LogP contribution in [0.4, 0.5) is 16.2 Å². The van der Waals surface area contributed by atoms with Gasteiger partial charge in [0.1, 0.15) is 5.75 Å². The van der Waals surface area contributed by atoms with Gasteiger partial charge >= 0.3 is 6.03 Å². The zero-order chi connectivity index (χ0) is 21.7. The summed E-state index contributed by atoms with van der Waals surface area (Å²) in [5, 5.41) is 5.74. The lowest BCUT2D eigenvalue weighted by molar-refractivity contribution is -0.117. The lowest BCUT2D eigenvalue weighted by Crippen LogP contribution is -2.34. The Kier molecular flexibility index (Phi) is 6.65. The first-order chi connectivity index (χ1) is 14.3. The summed E-state index contributed by atoms with van der Waals surface area (Å²) < 4.78 is 5.45. The van der Waals surface area contributed by atoms with Crippen LogP contribution in [0.3, 0.4) is 0 Å². The fourth-order valence-corrected chi connectivity index (χ4v) is 3.52. The molecule has 0 radical (unpaired) electrons. The molecular formula is C24H31N3O3. The highest BCUT2D eigenvalue weighted by molar-refractivity contribution is 5.96. The fraction of sp³-hybridized carbons (Fsp3) is 0.417. The first-order valence-corrected chi connectivity index (χ1v) is 10.4. The Hall–Kier alpha value is -3.02. The van der Waals surface area contributed by atoms with E-state index >= 15 is 0 Å². The summed E-state index contributed by atoms with van der Waals surface area (Å²) in [6.45, 7) is 10.1. The highest BCUT2D eigenvalue weighted by Crippen LogP contribution is 2.27. The molecule has 6 nitrogen and oxygen atoms in total. The molecule has 1 aliphatic heterocycles. The van der Waals surface area contributed by atoms with Crippen molar-refractivity contribution in [2.75, 3.05) is 29.9 Å². The van der Waals surface area contributed by atoms with Crippen molar-refractivity contribution in [2.24, 2.45) is 5.92 Å². The third-order valence-electron chi connectivity index (χ3n) is 5.22. The predicted molar refractivity (Wildman–Crippen MR) is 120 cm³/mol. The highest BCUT2D eigenvalue weighted by atomic mass is 16.5. The number of hydrogen-bond donors (Lipinski definition) is 2. The molecule has 2 aromatic carbocycles. The van der Waals surface area contributed by atoms with Gasteiger partial charge in [-0.2, -0.15) is 0 Å². The third-order valence-corrected chi connectivity index (χ3v) is 5.22. The molecule has 160 valence electrons. The minimum Gasteiger partial charge on any atom is -0.494 e. The number of nitrogens with zero attached hydrogens (tertiary/aromatic N) is 1. The van der Waals surface area contributed by atoms with E-state index in [0.29, 0.717) is 26.1 Å². The second kappa shape index (κ2) is 9.20. The van der Waals surface area contributed by atoms with Crippen molar-refractivity contribution in [1.82, 2.24) is 5.32 Å². The zero-order valence-electron chi connectivity index (χ0n) is 18.2. The number of benzene rings is 2. The molecule has 0 aromatic heterocycles. The quantitative estimate of drug-likeness (QED) is 0.735. The van der Waals surface area contributed by atoms with Crippen LogP contribution < -0.4 is 20.3 Å². The number of hydrogen-bond acceptors (Lipinski definition) is 3. The van der Waals surface area contributed by atoms with Gasteiger partial charge in [0.15, 0.2) is 0 Å². The third kappa shape index (κ3) is 5.53. The molecule has 3 amide bonds. The van der Waals surface area contributed by atoms with Gasteiger partial charge < -0.3 is 20.3 Å². The van der Waals surface area contributed by atoms with Crippen molar-refractivity contribution in [3.05, 3.63) is 54.1 Å². The van der Waals surface area contributed by atoms with Crippen LogP contribution in [0.25, 0.3) is 0 Å². The number of urea groups is 1. The summed E-state index contributed by atoms with van der Waals surface area (Å²) in [5.74, 6) is 0.945. The fourth-order valence-electron chi connectivity index (χ4n) is 3.52. The molecule has 0 unspecified atom stereocenters. The standard InChI is InChI=1S/C24H31N3O3/c1-5-30-21-12-10-20(11-13-21)27-16-17(14-22(27)28)15-25-23(29)26-19-8-6-18(7-9-19)24(2,3)4/h6-13,17H,5,14-16H2,1-4H3,(H2,25,26,29)/t17-/m0/s1. The molecule has 0 aliphatic carbocycles. The summed E-state index contributed by atoms with van der Waals surface area (Å²) in [5.41, 5.74) is 2.89. The average molecular weight is 410 g/mol. The van der Waals surface area contributed by atoms with E-state index in [9.17, 15) is 9.59 Å². The van der Waals surface area contributed by atoms with Crippen LogP contribution in [0.2, 0.25) is 0 Å². The monoisotopic (exact) mass is 409 g/mol. The van der Waals surface area contributed by atoms with E-state index < -0.39 is 0 Å². The number of nitrogens with one attached hydrogen (secondary N) is 2. The summed E-state index contributed by atoms with van der Waals surface area (Å²) in [6, 6.07) is 15.1. The van der Waals surface area contributed by atoms with Crippen molar-refractivity contribution in [1.29, 1.82) is 0 Å². The van der Waals surface area contributed by atoms with E-state index in [-0.39, 0.29) is 23.3 Å². The lowest BCUT2D eigenvalue weighted by Gasteiger charge is -2.19.